The predicted octanol–water partition coefficient (Wildman–Crippen LogP) is 2.52. The molecular formula is C15H20N4O. The van der Waals surface area contributed by atoms with E-state index < -0.39 is 0 Å². The first-order chi connectivity index (χ1) is 9.64. The van der Waals surface area contributed by atoms with Crippen LogP contribution in [0.25, 0.3) is 11.5 Å². The van der Waals surface area contributed by atoms with Crippen molar-refractivity contribution in [3.8, 4) is 11.5 Å². The van der Waals surface area contributed by atoms with Gasteiger partial charge < -0.3 is 10.3 Å². The standard InChI is InChI=1S/C15H20N4O/c1-10-7-11(2)12(17-8-10)13-18-14(20-19-13)15(9-16)5-3-4-6-15/h7-8H,3-6,9,16H2,1-2H3. The largest absolute Gasteiger partial charge is 0.338 e. The fraction of sp³-hybridized carbons (Fsp3) is 0.533. The number of pyridine rings is 1. The van der Waals surface area contributed by atoms with E-state index in [9.17, 15) is 0 Å². The van der Waals surface area contributed by atoms with Crippen LogP contribution < -0.4 is 5.73 Å². The topological polar surface area (TPSA) is 77.8 Å². The maximum atomic E-state index is 5.96. The van der Waals surface area contributed by atoms with Gasteiger partial charge in [0.1, 0.15) is 5.69 Å². The summed E-state index contributed by atoms with van der Waals surface area (Å²) in [7, 11) is 0. The summed E-state index contributed by atoms with van der Waals surface area (Å²) in [5, 5.41) is 4.11. The average molecular weight is 272 g/mol. The van der Waals surface area contributed by atoms with Crippen LogP contribution in [-0.4, -0.2) is 21.7 Å². The van der Waals surface area contributed by atoms with Gasteiger partial charge >= 0.3 is 0 Å². The van der Waals surface area contributed by atoms with E-state index in [0.29, 0.717) is 18.3 Å². The highest BCUT2D eigenvalue weighted by atomic mass is 16.5. The third-order valence-corrected chi connectivity index (χ3v) is 4.26. The molecule has 0 saturated heterocycles. The fourth-order valence-corrected chi connectivity index (χ4v) is 3.04. The lowest BCUT2D eigenvalue weighted by Gasteiger charge is -2.21. The maximum Gasteiger partial charge on any atom is 0.234 e. The lowest BCUT2D eigenvalue weighted by Crippen LogP contribution is -2.32. The molecule has 1 aliphatic rings. The Morgan fingerprint density at radius 1 is 1.30 bits per heavy atom. The summed E-state index contributed by atoms with van der Waals surface area (Å²) in [5.41, 5.74) is 8.81. The minimum absolute atomic E-state index is 0.121. The lowest BCUT2D eigenvalue weighted by atomic mass is 9.86. The smallest absolute Gasteiger partial charge is 0.234 e. The molecule has 5 nitrogen and oxygen atoms in total. The van der Waals surface area contributed by atoms with Gasteiger partial charge in [-0.1, -0.05) is 24.1 Å². The van der Waals surface area contributed by atoms with E-state index in [1.807, 2.05) is 20.0 Å². The average Bonchev–Trinajstić information content (AvgIpc) is 3.08. The highest BCUT2D eigenvalue weighted by molar-refractivity contribution is 5.54. The monoisotopic (exact) mass is 272 g/mol. The van der Waals surface area contributed by atoms with Crippen LogP contribution in [0.4, 0.5) is 0 Å². The SMILES string of the molecule is Cc1cnc(-c2noc(C3(CN)CCCC3)n2)c(C)c1. The molecule has 0 spiro atoms. The van der Waals surface area contributed by atoms with Crippen molar-refractivity contribution in [2.75, 3.05) is 6.54 Å². The zero-order valence-electron chi connectivity index (χ0n) is 12.0. The van der Waals surface area contributed by atoms with Crippen molar-refractivity contribution in [2.45, 2.75) is 44.9 Å². The van der Waals surface area contributed by atoms with Crippen LogP contribution in [0.2, 0.25) is 0 Å². The maximum absolute atomic E-state index is 5.96. The number of rotatable bonds is 3. The minimum Gasteiger partial charge on any atom is -0.338 e. The van der Waals surface area contributed by atoms with Crippen molar-refractivity contribution in [3.05, 3.63) is 29.3 Å². The van der Waals surface area contributed by atoms with Crippen molar-refractivity contribution in [3.63, 3.8) is 0 Å². The summed E-state index contributed by atoms with van der Waals surface area (Å²) in [6, 6.07) is 2.08. The molecule has 0 bridgehead atoms. The van der Waals surface area contributed by atoms with Gasteiger partial charge in [-0.05, 0) is 37.8 Å². The zero-order chi connectivity index (χ0) is 14.2. The van der Waals surface area contributed by atoms with E-state index in [0.717, 1.165) is 29.7 Å². The number of nitrogens with zero attached hydrogens (tertiary/aromatic N) is 3. The molecule has 1 fully saturated rings. The zero-order valence-corrected chi connectivity index (χ0v) is 12.0. The van der Waals surface area contributed by atoms with Crippen molar-refractivity contribution >= 4 is 0 Å². The van der Waals surface area contributed by atoms with Crippen molar-refractivity contribution < 1.29 is 4.52 Å². The Labute approximate surface area is 118 Å². The Bertz CT molecular complexity index is 614. The van der Waals surface area contributed by atoms with Crippen LogP contribution in [0.5, 0.6) is 0 Å². The molecule has 0 amide bonds. The summed E-state index contributed by atoms with van der Waals surface area (Å²) in [5.74, 6) is 1.24. The van der Waals surface area contributed by atoms with E-state index in [4.69, 9.17) is 10.3 Å². The van der Waals surface area contributed by atoms with Crippen molar-refractivity contribution in [2.24, 2.45) is 5.73 Å². The first kappa shape index (κ1) is 13.2. The van der Waals surface area contributed by atoms with Crippen LogP contribution in [0.3, 0.4) is 0 Å². The van der Waals surface area contributed by atoms with Gasteiger partial charge in [0.2, 0.25) is 11.7 Å². The van der Waals surface area contributed by atoms with Crippen molar-refractivity contribution in [1.29, 1.82) is 0 Å². The molecule has 2 aromatic heterocycles. The van der Waals surface area contributed by atoms with E-state index in [2.05, 4.69) is 21.2 Å². The molecule has 0 atom stereocenters. The molecule has 1 saturated carbocycles. The molecule has 2 heterocycles. The van der Waals surface area contributed by atoms with E-state index in [-0.39, 0.29) is 5.41 Å². The molecule has 5 heteroatoms. The quantitative estimate of drug-likeness (QED) is 0.928. The minimum atomic E-state index is -0.121. The molecular weight excluding hydrogens is 252 g/mol. The molecule has 1 aliphatic carbocycles. The van der Waals surface area contributed by atoms with Gasteiger partial charge in [-0.25, -0.2) is 0 Å². The number of aromatic nitrogens is 3. The van der Waals surface area contributed by atoms with E-state index in [1.165, 1.54) is 12.8 Å². The Morgan fingerprint density at radius 3 is 2.70 bits per heavy atom. The van der Waals surface area contributed by atoms with Gasteiger partial charge in [0.25, 0.3) is 0 Å². The number of hydrogen-bond donors (Lipinski definition) is 1. The third kappa shape index (κ3) is 2.12. The molecule has 0 aliphatic heterocycles. The summed E-state index contributed by atoms with van der Waals surface area (Å²) in [4.78, 5) is 9.00. The number of nitrogens with two attached hydrogens (primary N) is 1. The van der Waals surface area contributed by atoms with E-state index >= 15 is 0 Å². The van der Waals surface area contributed by atoms with Gasteiger partial charge in [-0.15, -0.1) is 0 Å². The molecule has 3 rings (SSSR count). The Hall–Kier alpha value is -1.75. The molecule has 0 aromatic carbocycles. The summed E-state index contributed by atoms with van der Waals surface area (Å²) < 4.78 is 5.50. The second-order valence-corrected chi connectivity index (χ2v) is 5.79. The first-order valence-electron chi connectivity index (χ1n) is 7.12. The molecule has 106 valence electrons. The Balaban J connectivity index is 1.97. The first-order valence-corrected chi connectivity index (χ1v) is 7.12. The summed E-state index contributed by atoms with van der Waals surface area (Å²) in [6.45, 7) is 4.60. The molecule has 2 aromatic rings. The van der Waals surface area contributed by atoms with Crippen LogP contribution in [0.1, 0.15) is 42.7 Å². The van der Waals surface area contributed by atoms with Crippen LogP contribution in [0, 0.1) is 13.8 Å². The van der Waals surface area contributed by atoms with Crippen LogP contribution >= 0.6 is 0 Å². The van der Waals surface area contributed by atoms with Crippen LogP contribution in [0.15, 0.2) is 16.8 Å². The van der Waals surface area contributed by atoms with E-state index in [1.54, 1.807) is 0 Å². The van der Waals surface area contributed by atoms with Crippen LogP contribution in [-0.2, 0) is 5.41 Å². The summed E-state index contributed by atoms with van der Waals surface area (Å²) >= 11 is 0. The molecule has 0 unspecified atom stereocenters. The fourth-order valence-electron chi connectivity index (χ4n) is 3.04. The summed E-state index contributed by atoms with van der Waals surface area (Å²) in [6.07, 6.45) is 6.25. The number of aryl methyl sites for hydroxylation is 2. The lowest BCUT2D eigenvalue weighted by molar-refractivity contribution is 0.284. The van der Waals surface area contributed by atoms with Crippen molar-refractivity contribution in [1.82, 2.24) is 15.1 Å². The van der Waals surface area contributed by atoms with Gasteiger partial charge in [0.15, 0.2) is 0 Å². The molecule has 2 N–H and O–H groups in total. The van der Waals surface area contributed by atoms with Gasteiger partial charge in [-0.3, -0.25) is 4.98 Å². The second kappa shape index (κ2) is 4.98. The molecule has 20 heavy (non-hydrogen) atoms. The van der Waals surface area contributed by atoms with Gasteiger partial charge in [0.05, 0.1) is 5.41 Å². The third-order valence-electron chi connectivity index (χ3n) is 4.26. The normalized spacial score (nSPS) is 17.6. The van der Waals surface area contributed by atoms with Gasteiger partial charge in [0, 0.05) is 12.7 Å². The Kier molecular flexibility index (Phi) is 3.30. The number of hydrogen-bond acceptors (Lipinski definition) is 5. The highest BCUT2D eigenvalue weighted by Crippen LogP contribution is 2.39. The molecule has 0 radical (unpaired) electrons. The second-order valence-electron chi connectivity index (χ2n) is 5.79. The Morgan fingerprint density at radius 2 is 2.05 bits per heavy atom. The van der Waals surface area contributed by atoms with Gasteiger partial charge in [-0.2, -0.15) is 4.98 Å². The highest BCUT2D eigenvalue weighted by Gasteiger charge is 2.39. The predicted molar refractivity (Wildman–Crippen MR) is 76.2 cm³/mol.